The van der Waals surface area contributed by atoms with Crippen molar-refractivity contribution in [2.75, 3.05) is 5.32 Å². The van der Waals surface area contributed by atoms with Crippen LogP contribution < -0.4 is 11.1 Å². The second-order valence-corrected chi connectivity index (χ2v) is 5.69. The zero-order valence-corrected chi connectivity index (χ0v) is 11.7. The minimum Gasteiger partial charge on any atom is -0.478 e. The van der Waals surface area contributed by atoms with Crippen LogP contribution in [0.15, 0.2) is 18.2 Å². The van der Waals surface area contributed by atoms with Crippen LogP contribution >= 0.6 is 0 Å². The smallest absolute Gasteiger partial charge is 0.337 e. The first kappa shape index (κ1) is 15.2. The van der Waals surface area contributed by atoms with Gasteiger partial charge < -0.3 is 16.2 Å². The first-order valence-corrected chi connectivity index (χ1v) is 6.03. The minimum atomic E-state index is -1.08. The van der Waals surface area contributed by atoms with Crippen LogP contribution in [0.5, 0.6) is 0 Å². The van der Waals surface area contributed by atoms with E-state index >= 15 is 0 Å². The maximum absolute atomic E-state index is 12.0. The molecule has 1 unspecified atom stereocenters. The highest BCUT2D eigenvalue weighted by Crippen LogP contribution is 2.21. The Bertz CT molecular complexity index is 504. The van der Waals surface area contributed by atoms with E-state index in [1.165, 1.54) is 6.07 Å². The average molecular weight is 264 g/mol. The Balaban J connectivity index is 3.00. The van der Waals surface area contributed by atoms with Gasteiger partial charge in [-0.15, -0.1) is 0 Å². The normalized spacial score (nSPS) is 12.9. The Labute approximate surface area is 112 Å². The van der Waals surface area contributed by atoms with Gasteiger partial charge in [-0.2, -0.15) is 0 Å². The summed E-state index contributed by atoms with van der Waals surface area (Å²) in [6, 6.07) is 4.12. The van der Waals surface area contributed by atoms with Crippen LogP contribution in [-0.2, 0) is 4.79 Å². The molecule has 1 aromatic rings. The Morgan fingerprint density at radius 1 is 1.32 bits per heavy atom. The van der Waals surface area contributed by atoms with Crippen LogP contribution in [0.4, 0.5) is 5.69 Å². The first-order chi connectivity index (χ1) is 8.62. The van der Waals surface area contributed by atoms with Gasteiger partial charge in [-0.05, 0) is 24.5 Å². The highest BCUT2D eigenvalue weighted by Gasteiger charge is 2.28. The quantitative estimate of drug-likeness (QED) is 0.778. The van der Waals surface area contributed by atoms with Crippen LogP contribution in [0, 0.1) is 12.3 Å². The van der Waals surface area contributed by atoms with Crippen molar-refractivity contribution in [3.05, 3.63) is 29.3 Å². The van der Waals surface area contributed by atoms with E-state index < -0.39 is 17.4 Å². The molecule has 0 aliphatic carbocycles. The predicted molar refractivity (Wildman–Crippen MR) is 74.2 cm³/mol. The van der Waals surface area contributed by atoms with Gasteiger partial charge in [0, 0.05) is 0 Å². The van der Waals surface area contributed by atoms with Crippen molar-refractivity contribution >= 4 is 17.6 Å². The minimum absolute atomic E-state index is 0.0643. The number of nitrogens with one attached hydrogen (secondary N) is 1. The van der Waals surface area contributed by atoms with E-state index in [9.17, 15) is 9.59 Å². The summed E-state index contributed by atoms with van der Waals surface area (Å²) >= 11 is 0. The fourth-order valence-electron chi connectivity index (χ4n) is 1.55. The lowest BCUT2D eigenvalue weighted by molar-refractivity contribution is -0.119. The van der Waals surface area contributed by atoms with Crippen molar-refractivity contribution in [2.45, 2.75) is 33.7 Å². The molecule has 0 aromatic heterocycles. The third-order valence-electron chi connectivity index (χ3n) is 2.88. The summed E-state index contributed by atoms with van der Waals surface area (Å²) in [6.45, 7) is 7.35. The molecule has 0 bridgehead atoms. The molecule has 1 amide bonds. The van der Waals surface area contributed by atoms with Crippen molar-refractivity contribution in [1.29, 1.82) is 0 Å². The molecule has 0 saturated carbocycles. The van der Waals surface area contributed by atoms with E-state index in [-0.39, 0.29) is 17.2 Å². The van der Waals surface area contributed by atoms with E-state index in [0.717, 1.165) is 5.56 Å². The molecule has 19 heavy (non-hydrogen) atoms. The third kappa shape index (κ3) is 3.79. The van der Waals surface area contributed by atoms with E-state index in [0.29, 0.717) is 0 Å². The van der Waals surface area contributed by atoms with Crippen LogP contribution in [0.1, 0.15) is 36.7 Å². The summed E-state index contributed by atoms with van der Waals surface area (Å²) in [5.41, 5.74) is 6.59. The van der Waals surface area contributed by atoms with Gasteiger partial charge in [-0.1, -0.05) is 32.4 Å². The number of carbonyl (C=O) groups excluding carboxylic acids is 1. The van der Waals surface area contributed by atoms with Gasteiger partial charge in [-0.25, -0.2) is 4.79 Å². The highest BCUT2D eigenvalue weighted by molar-refractivity contribution is 6.02. The maximum Gasteiger partial charge on any atom is 0.337 e. The fourth-order valence-corrected chi connectivity index (χ4v) is 1.55. The van der Waals surface area contributed by atoms with Crippen LogP contribution in [0.25, 0.3) is 0 Å². The Hall–Kier alpha value is -1.88. The number of benzene rings is 1. The lowest BCUT2D eigenvalue weighted by Gasteiger charge is -2.26. The second kappa shape index (κ2) is 5.40. The number of rotatable bonds is 3. The Kier molecular flexibility index (Phi) is 4.32. The second-order valence-electron chi connectivity index (χ2n) is 5.69. The van der Waals surface area contributed by atoms with Gasteiger partial charge in [0.05, 0.1) is 17.3 Å². The summed E-state index contributed by atoms with van der Waals surface area (Å²) in [5.74, 6) is -1.47. The van der Waals surface area contributed by atoms with E-state index in [1.54, 1.807) is 19.1 Å². The van der Waals surface area contributed by atoms with Gasteiger partial charge in [0.25, 0.3) is 0 Å². The van der Waals surface area contributed by atoms with Crippen molar-refractivity contribution < 1.29 is 14.7 Å². The van der Waals surface area contributed by atoms with E-state index in [1.807, 2.05) is 20.8 Å². The summed E-state index contributed by atoms with van der Waals surface area (Å²) in [6.07, 6.45) is 0. The Morgan fingerprint density at radius 3 is 2.37 bits per heavy atom. The molecule has 0 aliphatic rings. The van der Waals surface area contributed by atoms with E-state index in [2.05, 4.69) is 5.32 Å². The van der Waals surface area contributed by atoms with Crippen LogP contribution in [0.3, 0.4) is 0 Å². The van der Waals surface area contributed by atoms with Crippen molar-refractivity contribution in [1.82, 2.24) is 0 Å². The SMILES string of the molecule is Cc1ccc(NC(=O)C(N)C(C)(C)C)c(C(=O)O)c1. The summed E-state index contributed by atoms with van der Waals surface area (Å²) in [7, 11) is 0. The molecule has 0 aliphatic heterocycles. The number of carboxylic acids is 1. The molecule has 104 valence electrons. The number of nitrogens with two attached hydrogens (primary N) is 1. The summed E-state index contributed by atoms with van der Waals surface area (Å²) < 4.78 is 0. The zero-order valence-electron chi connectivity index (χ0n) is 11.7. The maximum atomic E-state index is 12.0. The van der Waals surface area contributed by atoms with Crippen molar-refractivity contribution in [2.24, 2.45) is 11.1 Å². The molecule has 0 radical (unpaired) electrons. The van der Waals surface area contributed by atoms with Gasteiger partial charge >= 0.3 is 5.97 Å². The number of carboxylic acid groups (broad SMARTS) is 1. The number of amides is 1. The highest BCUT2D eigenvalue weighted by atomic mass is 16.4. The zero-order chi connectivity index (χ0) is 14.8. The molecule has 0 fully saturated rings. The summed E-state index contributed by atoms with van der Waals surface area (Å²) in [5, 5.41) is 11.7. The number of anilines is 1. The van der Waals surface area contributed by atoms with Gasteiger partial charge in [0.2, 0.25) is 5.91 Å². The van der Waals surface area contributed by atoms with Gasteiger partial charge in [-0.3, -0.25) is 4.79 Å². The standard InChI is InChI=1S/C14H20N2O3/c1-8-5-6-10(9(7-8)13(18)19)16-12(17)11(15)14(2,3)4/h5-7,11H,15H2,1-4H3,(H,16,17)(H,18,19). The van der Waals surface area contributed by atoms with Gasteiger partial charge in [0.15, 0.2) is 0 Å². The largest absolute Gasteiger partial charge is 0.478 e. The molecular weight excluding hydrogens is 244 g/mol. The molecular formula is C14H20N2O3. The third-order valence-corrected chi connectivity index (χ3v) is 2.88. The van der Waals surface area contributed by atoms with E-state index in [4.69, 9.17) is 10.8 Å². The first-order valence-electron chi connectivity index (χ1n) is 6.03. The topological polar surface area (TPSA) is 92.4 Å². The van der Waals surface area contributed by atoms with Crippen LogP contribution in [0.2, 0.25) is 0 Å². The number of aromatic carboxylic acids is 1. The molecule has 0 spiro atoms. The van der Waals surface area contributed by atoms with Gasteiger partial charge in [0.1, 0.15) is 0 Å². The molecule has 5 heteroatoms. The number of hydrogen-bond acceptors (Lipinski definition) is 3. The Morgan fingerprint density at radius 2 is 1.89 bits per heavy atom. The molecule has 5 nitrogen and oxygen atoms in total. The fraction of sp³-hybridized carbons (Fsp3) is 0.429. The average Bonchev–Trinajstić information content (AvgIpc) is 2.28. The lowest BCUT2D eigenvalue weighted by atomic mass is 9.87. The predicted octanol–water partition coefficient (Wildman–Crippen LogP) is 2.01. The summed E-state index contributed by atoms with van der Waals surface area (Å²) in [4.78, 5) is 23.1. The molecule has 4 N–H and O–H groups in total. The number of carbonyl (C=O) groups is 2. The monoisotopic (exact) mass is 264 g/mol. The number of aryl methyl sites for hydroxylation is 1. The lowest BCUT2D eigenvalue weighted by Crippen LogP contribution is -2.45. The molecule has 1 atom stereocenters. The van der Waals surface area contributed by atoms with Crippen molar-refractivity contribution in [3.63, 3.8) is 0 Å². The number of hydrogen-bond donors (Lipinski definition) is 3. The van der Waals surface area contributed by atoms with Crippen LogP contribution in [-0.4, -0.2) is 23.0 Å². The molecule has 1 aromatic carbocycles. The molecule has 0 saturated heterocycles. The van der Waals surface area contributed by atoms with Crippen molar-refractivity contribution in [3.8, 4) is 0 Å². The molecule has 0 heterocycles. The molecule has 1 rings (SSSR count).